The molecule has 0 radical (unpaired) electrons. The molecule has 0 bridgehead atoms. The topological polar surface area (TPSA) is 66.5 Å². The molecule has 1 amide bonds. The van der Waals surface area contributed by atoms with Crippen molar-refractivity contribution in [2.24, 2.45) is 0 Å². The van der Waals surface area contributed by atoms with E-state index < -0.39 is 14.4 Å². The van der Waals surface area contributed by atoms with Gasteiger partial charge in [0.25, 0.3) is 0 Å². The van der Waals surface area contributed by atoms with E-state index in [-0.39, 0.29) is 30.6 Å². The highest BCUT2D eigenvalue weighted by Gasteiger charge is 2.45. The summed E-state index contributed by atoms with van der Waals surface area (Å²) in [7, 11) is -0.473. The lowest BCUT2D eigenvalue weighted by molar-refractivity contribution is -0.00849. The summed E-state index contributed by atoms with van der Waals surface area (Å²) < 4.78 is 28.4. The lowest BCUT2D eigenvalue weighted by Gasteiger charge is -2.42. The number of amides is 1. The van der Waals surface area contributed by atoms with Crippen LogP contribution in [0.4, 0.5) is 10.5 Å². The maximum Gasteiger partial charge on any atom is 0.414 e. The molecular weight excluding hydrogens is 450 g/mol. The SMILES string of the molecule is C=CCOC(=O)N1c2ccc(OCOCCOC)cc2C[C@H]1[C@@H](CC=C)O[Si](C)(C)C(C)(C)C. The molecule has 0 aromatic heterocycles. The zero-order valence-electron chi connectivity index (χ0n) is 21.6. The van der Waals surface area contributed by atoms with Gasteiger partial charge in [-0.1, -0.05) is 39.5 Å². The molecule has 0 N–H and O–H groups in total. The number of anilines is 1. The van der Waals surface area contributed by atoms with Crippen LogP contribution in [-0.2, 0) is 25.1 Å². The minimum atomic E-state index is -2.10. The number of ether oxygens (including phenoxy) is 4. The quantitative estimate of drug-likeness (QED) is 0.152. The van der Waals surface area contributed by atoms with Crippen molar-refractivity contribution in [2.45, 2.75) is 63.9 Å². The van der Waals surface area contributed by atoms with Crippen molar-refractivity contribution in [3.63, 3.8) is 0 Å². The molecule has 0 saturated carbocycles. The Hall–Kier alpha value is -2.13. The van der Waals surface area contributed by atoms with Crippen LogP contribution in [0.2, 0.25) is 18.1 Å². The van der Waals surface area contributed by atoms with Crippen LogP contribution in [-0.4, -0.2) is 60.3 Å². The summed E-state index contributed by atoms with van der Waals surface area (Å²) in [5.41, 5.74) is 1.81. The number of carbonyl (C=O) groups excluding carboxylic acids is 1. The molecule has 0 saturated heterocycles. The van der Waals surface area contributed by atoms with Crippen LogP contribution in [0.25, 0.3) is 0 Å². The maximum atomic E-state index is 13.1. The summed E-state index contributed by atoms with van der Waals surface area (Å²) in [6, 6.07) is 5.48. The fourth-order valence-electron chi connectivity index (χ4n) is 3.59. The van der Waals surface area contributed by atoms with E-state index in [0.29, 0.717) is 31.8 Å². The van der Waals surface area contributed by atoms with Crippen LogP contribution < -0.4 is 9.64 Å². The predicted octanol–water partition coefficient (Wildman–Crippen LogP) is 5.71. The van der Waals surface area contributed by atoms with Crippen molar-refractivity contribution in [1.29, 1.82) is 0 Å². The minimum absolute atomic E-state index is 0.0376. The first-order valence-electron chi connectivity index (χ1n) is 11.7. The average Bonchev–Trinajstić information content (AvgIpc) is 3.15. The Morgan fingerprint density at radius 2 is 1.97 bits per heavy atom. The number of nitrogens with zero attached hydrogens (tertiary/aromatic N) is 1. The molecule has 1 aromatic carbocycles. The lowest BCUT2D eigenvalue weighted by Crippen LogP contribution is -2.52. The van der Waals surface area contributed by atoms with Gasteiger partial charge in [0.05, 0.1) is 31.0 Å². The van der Waals surface area contributed by atoms with Gasteiger partial charge in [0.2, 0.25) is 0 Å². The molecule has 1 aromatic rings. The van der Waals surface area contributed by atoms with Gasteiger partial charge < -0.3 is 23.4 Å². The Morgan fingerprint density at radius 3 is 2.59 bits per heavy atom. The van der Waals surface area contributed by atoms with E-state index in [1.165, 1.54) is 0 Å². The summed E-state index contributed by atoms with van der Waals surface area (Å²) >= 11 is 0. The second-order valence-electron chi connectivity index (χ2n) is 9.90. The second kappa shape index (κ2) is 12.5. The van der Waals surface area contributed by atoms with Crippen LogP contribution in [0.5, 0.6) is 5.75 Å². The third-order valence-corrected chi connectivity index (χ3v) is 10.9. The molecule has 7 nitrogen and oxygen atoms in total. The number of hydrogen-bond acceptors (Lipinski definition) is 6. The molecule has 1 aliphatic rings. The van der Waals surface area contributed by atoms with E-state index in [2.05, 4.69) is 47.0 Å². The van der Waals surface area contributed by atoms with Gasteiger partial charge in [-0.05, 0) is 54.7 Å². The summed E-state index contributed by atoms with van der Waals surface area (Å²) in [6.07, 6.45) is 4.08. The van der Waals surface area contributed by atoms with E-state index >= 15 is 0 Å². The van der Waals surface area contributed by atoms with E-state index in [1.54, 1.807) is 18.1 Å². The molecule has 1 aliphatic heterocycles. The molecule has 8 heteroatoms. The number of methoxy groups -OCH3 is 1. The third-order valence-electron chi connectivity index (χ3n) is 6.41. The highest BCUT2D eigenvalue weighted by atomic mass is 28.4. The summed E-state index contributed by atoms with van der Waals surface area (Å²) in [4.78, 5) is 14.8. The number of rotatable bonds is 13. The van der Waals surface area contributed by atoms with Crippen molar-refractivity contribution >= 4 is 20.1 Å². The van der Waals surface area contributed by atoms with Gasteiger partial charge in [0.1, 0.15) is 12.4 Å². The van der Waals surface area contributed by atoms with Crippen LogP contribution in [0.3, 0.4) is 0 Å². The van der Waals surface area contributed by atoms with Gasteiger partial charge >= 0.3 is 6.09 Å². The number of benzene rings is 1. The standard InChI is InChI=1S/C26H41NO6Si/c1-9-11-24(33-34(7,8)26(3,4)5)23-18-20-17-21(32-19-30-16-15-29-6)12-13-22(20)27(23)25(28)31-14-10-2/h9-10,12-13,17,23-24H,1-2,11,14-16,18-19H2,3-8H3/t23-,24+/m0/s1. The minimum Gasteiger partial charge on any atom is -0.468 e. The zero-order chi connectivity index (χ0) is 25.4. The fourth-order valence-corrected chi connectivity index (χ4v) is 4.95. The first kappa shape index (κ1) is 28.1. The van der Waals surface area contributed by atoms with Crippen molar-refractivity contribution in [2.75, 3.05) is 38.6 Å². The van der Waals surface area contributed by atoms with E-state index in [9.17, 15) is 4.79 Å². The molecule has 1 heterocycles. The third kappa shape index (κ3) is 7.18. The molecule has 0 fully saturated rings. The van der Waals surface area contributed by atoms with Gasteiger partial charge in [0.15, 0.2) is 15.1 Å². The molecule has 2 atom stereocenters. The second-order valence-corrected chi connectivity index (χ2v) is 14.7. The van der Waals surface area contributed by atoms with Crippen LogP contribution >= 0.6 is 0 Å². The lowest BCUT2D eigenvalue weighted by atomic mass is 10.0. The molecular formula is C26H41NO6Si. The van der Waals surface area contributed by atoms with E-state index in [0.717, 1.165) is 11.3 Å². The summed E-state index contributed by atoms with van der Waals surface area (Å²) in [5.74, 6) is 0.682. The van der Waals surface area contributed by atoms with Gasteiger partial charge in [0, 0.05) is 7.11 Å². The highest BCUT2D eigenvalue weighted by molar-refractivity contribution is 6.74. The average molecular weight is 492 g/mol. The monoisotopic (exact) mass is 491 g/mol. The van der Waals surface area contributed by atoms with Crippen molar-refractivity contribution < 1.29 is 28.2 Å². The van der Waals surface area contributed by atoms with Crippen LogP contribution in [0.15, 0.2) is 43.5 Å². The first-order chi connectivity index (χ1) is 16.1. The van der Waals surface area contributed by atoms with Gasteiger partial charge in [-0.2, -0.15) is 0 Å². The molecule has 34 heavy (non-hydrogen) atoms. The Labute approximate surface area is 205 Å². The summed E-state index contributed by atoms with van der Waals surface area (Å²) in [6.45, 7) is 19.9. The molecule has 0 spiro atoms. The fraction of sp³-hybridized carbons (Fsp3) is 0.577. The van der Waals surface area contributed by atoms with E-state index in [1.807, 2.05) is 24.3 Å². The normalized spacial score (nSPS) is 16.6. The van der Waals surface area contributed by atoms with Crippen molar-refractivity contribution in [3.05, 3.63) is 49.1 Å². The summed E-state index contributed by atoms with van der Waals surface area (Å²) in [5, 5.41) is 0.0376. The van der Waals surface area contributed by atoms with Crippen LogP contribution in [0, 0.1) is 0 Å². The molecule has 0 aliphatic carbocycles. The van der Waals surface area contributed by atoms with Gasteiger partial charge in [-0.15, -0.1) is 6.58 Å². The highest BCUT2D eigenvalue weighted by Crippen LogP contribution is 2.42. The smallest absolute Gasteiger partial charge is 0.414 e. The van der Waals surface area contributed by atoms with Crippen molar-refractivity contribution in [3.8, 4) is 5.75 Å². The Morgan fingerprint density at radius 1 is 1.24 bits per heavy atom. The van der Waals surface area contributed by atoms with Crippen LogP contribution in [0.1, 0.15) is 32.8 Å². The van der Waals surface area contributed by atoms with E-state index in [4.69, 9.17) is 23.4 Å². The number of hydrogen-bond donors (Lipinski definition) is 0. The Balaban J connectivity index is 2.31. The molecule has 0 unspecified atom stereocenters. The largest absolute Gasteiger partial charge is 0.468 e. The van der Waals surface area contributed by atoms with Gasteiger partial charge in [-0.3, -0.25) is 4.90 Å². The Bertz CT molecular complexity index is 835. The Kier molecular flexibility index (Phi) is 10.4. The first-order valence-corrected chi connectivity index (χ1v) is 14.6. The number of carbonyl (C=O) groups is 1. The maximum absolute atomic E-state index is 13.1. The molecule has 190 valence electrons. The predicted molar refractivity (Wildman–Crippen MR) is 138 cm³/mol. The number of fused-ring (bicyclic) bond motifs is 1. The van der Waals surface area contributed by atoms with Gasteiger partial charge in [-0.25, -0.2) is 4.79 Å². The zero-order valence-corrected chi connectivity index (χ0v) is 22.6. The van der Waals surface area contributed by atoms with Crippen molar-refractivity contribution in [1.82, 2.24) is 0 Å². The molecule has 2 rings (SSSR count).